The maximum Gasteiger partial charge on any atom is 0.252 e. The number of hydrogen-bond acceptors (Lipinski definition) is 7. The van der Waals surface area contributed by atoms with Crippen LogP contribution in [0.2, 0.25) is 0 Å². The maximum absolute atomic E-state index is 10.9. The van der Waals surface area contributed by atoms with Gasteiger partial charge in [-0.3, -0.25) is 26.3 Å². The van der Waals surface area contributed by atoms with Gasteiger partial charge in [-0.1, -0.05) is 0 Å². The van der Waals surface area contributed by atoms with Crippen LogP contribution in [0.1, 0.15) is 6.42 Å². The van der Waals surface area contributed by atoms with E-state index in [2.05, 4.69) is 11.0 Å². The molecule has 0 saturated heterocycles. The molecular formula is C4H13N7O2. The first-order valence-corrected chi connectivity index (χ1v) is 3.37. The Labute approximate surface area is 74.3 Å². The lowest BCUT2D eigenvalue weighted by molar-refractivity contribution is -0.128. The van der Waals surface area contributed by atoms with E-state index in [4.69, 9.17) is 17.4 Å². The third-order valence-electron chi connectivity index (χ3n) is 1.16. The topological polar surface area (TPSA) is 160 Å². The summed E-state index contributed by atoms with van der Waals surface area (Å²) in [6.07, 6.45) is -0.200. The molecule has 0 saturated carbocycles. The molecule has 0 bridgehead atoms. The average Bonchev–Trinajstić information content (AvgIpc) is 2.13. The number of carbonyl (C=O) groups excluding carboxylic acids is 2. The van der Waals surface area contributed by atoms with Gasteiger partial charge in [0.05, 0.1) is 12.5 Å². The number of carbonyl (C=O) groups is 2. The van der Waals surface area contributed by atoms with Crippen LogP contribution < -0.4 is 39.3 Å². The first kappa shape index (κ1) is 11.7. The summed E-state index contributed by atoms with van der Waals surface area (Å²) in [7, 11) is 0. The smallest absolute Gasteiger partial charge is 0.252 e. The normalized spacial score (nSPS) is 11.9. The number of nitrogens with one attached hydrogen (secondary N) is 4. The molecule has 9 heteroatoms. The Kier molecular flexibility index (Phi) is 5.67. The van der Waals surface area contributed by atoms with Gasteiger partial charge in [-0.25, -0.2) is 5.84 Å². The van der Waals surface area contributed by atoms with Crippen molar-refractivity contribution in [1.29, 1.82) is 0 Å². The quantitative estimate of drug-likeness (QED) is 0.131. The molecule has 13 heavy (non-hydrogen) atoms. The van der Waals surface area contributed by atoms with Gasteiger partial charge in [0.2, 0.25) is 5.91 Å². The van der Waals surface area contributed by atoms with Gasteiger partial charge in [0.25, 0.3) is 5.91 Å². The lowest BCUT2D eigenvalue weighted by Gasteiger charge is -2.10. The summed E-state index contributed by atoms with van der Waals surface area (Å²) < 4.78 is 0. The summed E-state index contributed by atoms with van der Waals surface area (Å²) in [6, 6.07) is -0.982. The minimum absolute atomic E-state index is 0.200. The van der Waals surface area contributed by atoms with E-state index in [1.54, 1.807) is 0 Å². The van der Waals surface area contributed by atoms with Crippen LogP contribution in [0, 0.1) is 0 Å². The summed E-state index contributed by atoms with van der Waals surface area (Å²) in [6.45, 7) is 0. The molecule has 0 heterocycles. The zero-order valence-corrected chi connectivity index (χ0v) is 6.83. The third kappa shape index (κ3) is 5.05. The fraction of sp³-hybridized carbons (Fsp3) is 0.500. The predicted molar refractivity (Wildman–Crippen MR) is 43.5 cm³/mol. The van der Waals surface area contributed by atoms with E-state index in [1.807, 2.05) is 11.0 Å². The Balaban J connectivity index is 3.75. The first-order valence-electron chi connectivity index (χ1n) is 3.37. The number of hydrogen-bond donors (Lipinski definition) is 7. The van der Waals surface area contributed by atoms with Crippen LogP contribution in [0.3, 0.4) is 0 Å². The number of amides is 2. The lowest BCUT2D eigenvalue weighted by atomic mass is 10.2. The van der Waals surface area contributed by atoms with Crippen molar-refractivity contribution >= 4 is 11.8 Å². The minimum Gasteiger partial charge on any atom is -0.319 e. The van der Waals surface area contributed by atoms with Gasteiger partial charge >= 0.3 is 0 Å². The SMILES string of the molecule is NNNNC(=O)C(N)CC(=O)NN. The van der Waals surface area contributed by atoms with Crippen molar-refractivity contribution in [3.05, 3.63) is 0 Å². The van der Waals surface area contributed by atoms with Crippen molar-refractivity contribution < 1.29 is 9.59 Å². The highest BCUT2D eigenvalue weighted by molar-refractivity contribution is 5.87. The molecule has 1 unspecified atom stereocenters. The molecule has 0 aliphatic heterocycles. The maximum atomic E-state index is 10.9. The van der Waals surface area contributed by atoms with Crippen LogP contribution in [0.4, 0.5) is 0 Å². The van der Waals surface area contributed by atoms with Crippen molar-refractivity contribution in [2.24, 2.45) is 17.4 Å². The summed E-state index contributed by atoms with van der Waals surface area (Å²) in [5.41, 5.74) is 13.3. The fourth-order valence-corrected chi connectivity index (χ4v) is 0.542. The van der Waals surface area contributed by atoms with Crippen molar-refractivity contribution in [1.82, 2.24) is 21.9 Å². The molecule has 0 radical (unpaired) electrons. The van der Waals surface area contributed by atoms with Crippen molar-refractivity contribution in [2.45, 2.75) is 12.5 Å². The average molecular weight is 191 g/mol. The van der Waals surface area contributed by atoms with E-state index in [-0.39, 0.29) is 6.42 Å². The van der Waals surface area contributed by atoms with Crippen LogP contribution in [-0.2, 0) is 9.59 Å². The minimum atomic E-state index is -0.982. The second-order valence-electron chi connectivity index (χ2n) is 2.14. The summed E-state index contributed by atoms with van der Waals surface area (Å²) in [4.78, 5) is 21.6. The molecule has 0 aromatic carbocycles. The van der Waals surface area contributed by atoms with Gasteiger partial charge in [-0.05, 0) is 0 Å². The van der Waals surface area contributed by atoms with E-state index in [1.165, 1.54) is 0 Å². The zero-order chi connectivity index (χ0) is 10.3. The number of nitrogens with two attached hydrogens (primary N) is 3. The second kappa shape index (κ2) is 6.28. The Morgan fingerprint density at radius 1 is 1.31 bits per heavy atom. The molecule has 1 atom stereocenters. The predicted octanol–water partition coefficient (Wildman–Crippen LogP) is -4.31. The van der Waals surface area contributed by atoms with E-state index < -0.39 is 17.9 Å². The molecule has 9 nitrogen and oxygen atoms in total. The van der Waals surface area contributed by atoms with Crippen LogP contribution in [0.15, 0.2) is 0 Å². The van der Waals surface area contributed by atoms with E-state index in [0.717, 1.165) is 0 Å². The summed E-state index contributed by atoms with van der Waals surface area (Å²) >= 11 is 0. The van der Waals surface area contributed by atoms with Gasteiger partial charge in [0, 0.05) is 0 Å². The van der Waals surface area contributed by atoms with Gasteiger partial charge in [-0.2, -0.15) is 11.1 Å². The highest BCUT2D eigenvalue weighted by Gasteiger charge is 2.16. The van der Waals surface area contributed by atoms with Gasteiger partial charge in [-0.15, -0.1) is 0 Å². The largest absolute Gasteiger partial charge is 0.319 e. The van der Waals surface area contributed by atoms with E-state index in [0.29, 0.717) is 0 Å². The Hall–Kier alpha value is -1.26. The molecule has 0 aromatic rings. The Morgan fingerprint density at radius 3 is 2.38 bits per heavy atom. The molecule has 76 valence electrons. The molecular weight excluding hydrogens is 178 g/mol. The highest BCUT2D eigenvalue weighted by atomic mass is 16.2. The third-order valence-corrected chi connectivity index (χ3v) is 1.16. The van der Waals surface area contributed by atoms with Crippen LogP contribution in [0.25, 0.3) is 0 Å². The van der Waals surface area contributed by atoms with Crippen molar-refractivity contribution in [2.75, 3.05) is 0 Å². The Morgan fingerprint density at radius 2 is 1.92 bits per heavy atom. The van der Waals surface area contributed by atoms with Crippen molar-refractivity contribution in [3.8, 4) is 0 Å². The van der Waals surface area contributed by atoms with Crippen molar-refractivity contribution in [3.63, 3.8) is 0 Å². The molecule has 0 aliphatic carbocycles. The monoisotopic (exact) mass is 191 g/mol. The Bertz CT molecular complexity index is 183. The molecule has 0 aromatic heterocycles. The summed E-state index contributed by atoms with van der Waals surface area (Å²) in [5, 5.41) is 0. The number of hydrazine groups is 4. The zero-order valence-electron chi connectivity index (χ0n) is 6.83. The van der Waals surface area contributed by atoms with Crippen LogP contribution in [0.5, 0.6) is 0 Å². The van der Waals surface area contributed by atoms with E-state index >= 15 is 0 Å². The lowest BCUT2D eigenvalue weighted by Crippen LogP contribution is -2.55. The molecule has 0 rings (SSSR count). The molecule has 0 spiro atoms. The first-order chi connectivity index (χ1) is 6.11. The fourth-order valence-electron chi connectivity index (χ4n) is 0.542. The van der Waals surface area contributed by atoms with Crippen LogP contribution >= 0.6 is 0 Å². The van der Waals surface area contributed by atoms with Crippen LogP contribution in [-0.4, -0.2) is 17.9 Å². The molecule has 2 amide bonds. The highest BCUT2D eigenvalue weighted by Crippen LogP contribution is 1.86. The van der Waals surface area contributed by atoms with Gasteiger partial charge < -0.3 is 5.73 Å². The molecule has 10 N–H and O–H groups in total. The molecule has 0 fully saturated rings. The second-order valence-corrected chi connectivity index (χ2v) is 2.14. The number of rotatable bonds is 5. The van der Waals surface area contributed by atoms with Gasteiger partial charge in [0.1, 0.15) is 0 Å². The van der Waals surface area contributed by atoms with Gasteiger partial charge in [0.15, 0.2) is 0 Å². The summed E-state index contributed by atoms with van der Waals surface area (Å²) in [5.74, 6) is 8.47. The van der Waals surface area contributed by atoms with E-state index in [9.17, 15) is 9.59 Å². The standard InChI is InChI=1S/C4H13N7O2/c5-2(1-3(12)8-6)4(13)9-11-10-7/h2,10-11H,1,5-7H2,(H,8,12)(H,9,13). The molecule has 0 aliphatic rings.